The zero-order valence-corrected chi connectivity index (χ0v) is 16.0. The van der Waals surface area contributed by atoms with Gasteiger partial charge in [0.05, 0.1) is 19.4 Å². The number of amides is 2. The summed E-state index contributed by atoms with van der Waals surface area (Å²) in [7, 11) is 1.55. The van der Waals surface area contributed by atoms with E-state index in [-0.39, 0.29) is 11.8 Å². The summed E-state index contributed by atoms with van der Waals surface area (Å²) in [6.45, 7) is 0.340. The smallest absolute Gasteiger partial charge is 0.247 e. The number of nitrogens with two attached hydrogens (primary N) is 1. The number of ether oxygens (including phenoxy) is 1. The summed E-state index contributed by atoms with van der Waals surface area (Å²) in [4.78, 5) is 32.3. The molecule has 1 atom stereocenters. The number of nitrogens with zero attached hydrogens (tertiary/aromatic N) is 2. The Kier molecular flexibility index (Phi) is 6.62. The van der Waals surface area contributed by atoms with Gasteiger partial charge in [0, 0.05) is 24.2 Å². The molecule has 0 aromatic carbocycles. The van der Waals surface area contributed by atoms with Gasteiger partial charge >= 0.3 is 0 Å². The van der Waals surface area contributed by atoms with Gasteiger partial charge in [-0.15, -0.1) is 0 Å². The lowest BCUT2D eigenvalue weighted by atomic mass is 9.89. The van der Waals surface area contributed by atoms with Crippen molar-refractivity contribution in [1.29, 1.82) is 0 Å². The Morgan fingerprint density at radius 2 is 2.11 bits per heavy atom. The number of hydrogen-bond donors (Lipinski definition) is 3. The van der Waals surface area contributed by atoms with E-state index in [1.165, 1.54) is 12.4 Å². The lowest BCUT2D eigenvalue weighted by molar-refractivity contribution is -0.126. The fourth-order valence-corrected chi connectivity index (χ4v) is 3.63. The van der Waals surface area contributed by atoms with Crippen LogP contribution in [0.1, 0.15) is 31.2 Å². The molecule has 1 aromatic rings. The SMILES string of the molecule is COc1ncccc1CN=C/C(=C\N)NC(=O)C(NC=O)C(C1CC1)C1CC1. The first kappa shape index (κ1) is 19.9. The molecule has 28 heavy (non-hydrogen) atoms. The third-order valence-corrected chi connectivity index (χ3v) is 5.23. The molecule has 2 aliphatic carbocycles. The molecule has 0 spiro atoms. The molecule has 0 radical (unpaired) electrons. The maximum absolute atomic E-state index is 12.8. The van der Waals surface area contributed by atoms with Crippen LogP contribution in [-0.2, 0) is 16.1 Å². The van der Waals surface area contributed by atoms with Crippen LogP contribution in [-0.4, -0.2) is 36.7 Å². The van der Waals surface area contributed by atoms with E-state index < -0.39 is 6.04 Å². The van der Waals surface area contributed by atoms with Gasteiger partial charge < -0.3 is 21.1 Å². The van der Waals surface area contributed by atoms with Crippen LogP contribution in [0.3, 0.4) is 0 Å². The molecule has 8 nitrogen and oxygen atoms in total. The summed E-state index contributed by atoms with van der Waals surface area (Å²) in [5.74, 6) is 1.49. The van der Waals surface area contributed by atoms with Gasteiger partial charge in [-0.2, -0.15) is 0 Å². The lowest BCUT2D eigenvalue weighted by Gasteiger charge is -2.26. The molecule has 0 saturated heterocycles. The van der Waals surface area contributed by atoms with Crippen molar-refractivity contribution in [1.82, 2.24) is 15.6 Å². The van der Waals surface area contributed by atoms with Gasteiger partial charge in [0.1, 0.15) is 6.04 Å². The Labute approximate surface area is 164 Å². The van der Waals surface area contributed by atoms with Crippen LogP contribution in [0.5, 0.6) is 5.88 Å². The van der Waals surface area contributed by atoms with Crippen molar-refractivity contribution in [3.63, 3.8) is 0 Å². The molecule has 3 rings (SSSR count). The first-order chi connectivity index (χ1) is 13.7. The second kappa shape index (κ2) is 9.34. The second-order valence-corrected chi connectivity index (χ2v) is 7.27. The van der Waals surface area contributed by atoms with E-state index in [0.717, 1.165) is 31.2 Å². The zero-order chi connectivity index (χ0) is 19.9. The Hall–Kier alpha value is -2.90. The number of aromatic nitrogens is 1. The maximum atomic E-state index is 12.8. The van der Waals surface area contributed by atoms with E-state index >= 15 is 0 Å². The van der Waals surface area contributed by atoms with Crippen LogP contribution in [0.15, 0.2) is 35.2 Å². The van der Waals surface area contributed by atoms with Crippen molar-refractivity contribution < 1.29 is 14.3 Å². The number of hydrogen-bond acceptors (Lipinski definition) is 6. The fraction of sp³-hybridized carbons (Fsp3) is 0.500. The minimum Gasteiger partial charge on any atom is -0.481 e. The quantitative estimate of drug-likeness (QED) is 0.390. The van der Waals surface area contributed by atoms with Gasteiger partial charge in [-0.25, -0.2) is 4.98 Å². The normalized spacial score (nSPS) is 18.1. The van der Waals surface area contributed by atoms with Gasteiger partial charge in [0.15, 0.2) is 0 Å². The first-order valence-electron chi connectivity index (χ1n) is 9.58. The highest BCUT2D eigenvalue weighted by Crippen LogP contribution is 2.50. The molecule has 2 saturated carbocycles. The van der Waals surface area contributed by atoms with Crippen molar-refractivity contribution >= 4 is 18.5 Å². The summed E-state index contributed by atoms with van der Waals surface area (Å²) in [5, 5.41) is 5.51. The van der Waals surface area contributed by atoms with E-state index in [4.69, 9.17) is 10.5 Å². The van der Waals surface area contributed by atoms with Crippen molar-refractivity contribution in [2.75, 3.05) is 7.11 Å². The predicted molar refractivity (Wildman–Crippen MR) is 105 cm³/mol. The minimum atomic E-state index is -0.542. The first-order valence-corrected chi connectivity index (χ1v) is 9.58. The number of carbonyl (C=O) groups excluding carboxylic acids is 2. The highest BCUT2D eigenvalue weighted by molar-refractivity contribution is 5.91. The van der Waals surface area contributed by atoms with Crippen LogP contribution in [0.2, 0.25) is 0 Å². The number of methoxy groups -OCH3 is 1. The average molecular weight is 385 g/mol. The molecule has 1 unspecified atom stereocenters. The van der Waals surface area contributed by atoms with Crippen LogP contribution in [0, 0.1) is 17.8 Å². The van der Waals surface area contributed by atoms with Gasteiger partial charge in [0.2, 0.25) is 18.2 Å². The summed E-state index contributed by atoms with van der Waals surface area (Å²) in [5.41, 5.74) is 6.87. The molecule has 0 bridgehead atoms. The summed E-state index contributed by atoms with van der Waals surface area (Å²) >= 11 is 0. The second-order valence-electron chi connectivity index (χ2n) is 7.27. The summed E-state index contributed by atoms with van der Waals surface area (Å²) < 4.78 is 5.20. The predicted octanol–water partition coefficient (Wildman–Crippen LogP) is 1.13. The van der Waals surface area contributed by atoms with Gasteiger partial charge in [0.25, 0.3) is 0 Å². The number of aliphatic imine (C=N–C) groups is 1. The highest BCUT2D eigenvalue weighted by Gasteiger charge is 2.47. The number of carbonyl (C=O) groups is 2. The molecule has 150 valence electrons. The molecule has 2 amide bonds. The van der Waals surface area contributed by atoms with Crippen LogP contribution < -0.4 is 21.1 Å². The van der Waals surface area contributed by atoms with Crippen molar-refractivity contribution in [3.05, 3.63) is 35.8 Å². The van der Waals surface area contributed by atoms with Crippen molar-refractivity contribution in [3.8, 4) is 5.88 Å². The van der Waals surface area contributed by atoms with Crippen LogP contribution >= 0.6 is 0 Å². The maximum Gasteiger partial charge on any atom is 0.247 e. The Bertz CT molecular complexity index is 744. The molecular weight excluding hydrogens is 358 g/mol. The number of nitrogens with one attached hydrogen (secondary N) is 2. The van der Waals surface area contributed by atoms with Crippen LogP contribution in [0.25, 0.3) is 0 Å². The standard InChI is InChI=1S/C20H27N5O3/c1-28-20-15(3-2-8-23-20)10-22-11-16(9-21)25-19(27)18(24-12-26)17(13-4-5-13)14-6-7-14/h2-3,8-9,11-14,17-18H,4-7,10,21H2,1H3,(H,24,26)(H,25,27)/b16-9+,22-11?. The van der Waals surface area contributed by atoms with E-state index in [0.29, 0.717) is 36.4 Å². The fourth-order valence-electron chi connectivity index (χ4n) is 3.63. The van der Waals surface area contributed by atoms with E-state index in [1.807, 2.05) is 6.07 Å². The monoisotopic (exact) mass is 385 g/mol. The van der Waals surface area contributed by atoms with Crippen LogP contribution in [0.4, 0.5) is 0 Å². The van der Waals surface area contributed by atoms with Gasteiger partial charge in [-0.3, -0.25) is 14.6 Å². The molecule has 4 N–H and O–H groups in total. The highest BCUT2D eigenvalue weighted by atomic mass is 16.5. The Morgan fingerprint density at radius 1 is 1.39 bits per heavy atom. The van der Waals surface area contributed by atoms with E-state index in [2.05, 4.69) is 20.6 Å². The molecule has 1 heterocycles. The third-order valence-electron chi connectivity index (χ3n) is 5.23. The Balaban J connectivity index is 1.62. The van der Waals surface area contributed by atoms with Gasteiger partial charge in [-0.1, -0.05) is 6.07 Å². The van der Waals surface area contributed by atoms with E-state index in [9.17, 15) is 9.59 Å². The number of rotatable bonds is 11. The molecule has 8 heteroatoms. The molecule has 2 aliphatic rings. The summed E-state index contributed by atoms with van der Waals surface area (Å²) in [6, 6.07) is 3.13. The summed E-state index contributed by atoms with van der Waals surface area (Å²) in [6.07, 6.45) is 9.55. The topological polar surface area (TPSA) is 119 Å². The molecule has 0 aliphatic heterocycles. The average Bonchev–Trinajstić information content (AvgIpc) is 3.61. The van der Waals surface area contributed by atoms with Crippen molar-refractivity contribution in [2.45, 2.75) is 38.3 Å². The number of pyridine rings is 1. The molecular formula is C20H27N5O3. The largest absolute Gasteiger partial charge is 0.481 e. The lowest BCUT2D eigenvalue weighted by Crippen LogP contribution is -2.49. The molecule has 1 aromatic heterocycles. The zero-order valence-electron chi connectivity index (χ0n) is 16.0. The minimum absolute atomic E-state index is 0.195. The van der Waals surface area contributed by atoms with Crippen molar-refractivity contribution in [2.24, 2.45) is 28.5 Å². The Morgan fingerprint density at radius 3 is 2.68 bits per heavy atom. The third kappa shape index (κ3) is 5.09. The number of allylic oxidation sites excluding steroid dienone is 1. The molecule has 2 fully saturated rings. The van der Waals surface area contributed by atoms with Gasteiger partial charge in [-0.05, 0) is 49.5 Å². The van der Waals surface area contributed by atoms with E-state index in [1.54, 1.807) is 19.4 Å².